The van der Waals surface area contributed by atoms with Gasteiger partial charge in [-0.1, -0.05) is 20.3 Å². The van der Waals surface area contributed by atoms with Gasteiger partial charge in [0.2, 0.25) is 6.04 Å². The van der Waals surface area contributed by atoms with Crippen LogP contribution in [0.25, 0.3) is 4.85 Å². The maximum absolute atomic E-state index is 4.26. The number of rotatable bonds is 3. The molecular formula is C8H15N2S+. The van der Waals surface area contributed by atoms with Crippen molar-refractivity contribution in [3.05, 3.63) is 4.85 Å². The Morgan fingerprint density at radius 1 is 1.55 bits per heavy atom. The van der Waals surface area contributed by atoms with E-state index in [4.69, 9.17) is 0 Å². The van der Waals surface area contributed by atoms with Crippen LogP contribution in [0.3, 0.4) is 0 Å². The van der Waals surface area contributed by atoms with E-state index in [0.29, 0.717) is 12.1 Å². The van der Waals surface area contributed by atoms with E-state index in [2.05, 4.69) is 37.7 Å². The summed E-state index contributed by atoms with van der Waals surface area (Å²) in [5, 5.41) is 0. The Labute approximate surface area is 73.9 Å². The standard InChI is InChI=1S/C8H15N2S/c1-3-5-8-7(4-2)9-6-10(8)11/h7-8,11H,3-5H2,1-2H3/q+1. The van der Waals surface area contributed by atoms with E-state index < -0.39 is 0 Å². The molecule has 0 amide bonds. The lowest BCUT2D eigenvalue weighted by molar-refractivity contribution is 0.405. The van der Waals surface area contributed by atoms with E-state index in [1.165, 1.54) is 12.8 Å². The van der Waals surface area contributed by atoms with Gasteiger partial charge in [-0.15, -0.1) is 4.31 Å². The molecule has 0 radical (unpaired) electrons. The Bertz CT molecular complexity index is 182. The summed E-state index contributed by atoms with van der Waals surface area (Å²) in [5.41, 5.74) is 0. The van der Waals surface area contributed by atoms with E-state index in [1.54, 1.807) is 0 Å². The first-order valence-electron chi connectivity index (χ1n) is 4.23. The molecular weight excluding hydrogens is 156 g/mol. The molecule has 0 spiro atoms. The highest BCUT2D eigenvalue weighted by Crippen LogP contribution is 2.22. The minimum atomic E-state index is 0.424. The Morgan fingerprint density at radius 2 is 2.27 bits per heavy atom. The summed E-state index contributed by atoms with van der Waals surface area (Å²) in [5.74, 6) is 0. The van der Waals surface area contributed by atoms with E-state index in [1.807, 2.05) is 4.31 Å². The van der Waals surface area contributed by atoms with Crippen LogP contribution in [0.2, 0.25) is 0 Å². The topological polar surface area (TPSA) is 7.60 Å². The van der Waals surface area contributed by atoms with Gasteiger partial charge in [-0.25, -0.2) is 0 Å². The van der Waals surface area contributed by atoms with Gasteiger partial charge in [0.1, 0.15) is 0 Å². The number of nitrogens with zero attached hydrogens (tertiary/aromatic N) is 2. The summed E-state index contributed by atoms with van der Waals surface area (Å²) in [6.45, 7) is 4.35. The second-order valence-corrected chi connectivity index (χ2v) is 3.34. The molecule has 0 aromatic heterocycles. The van der Waals surface area contributed by atoms with Crippen LogP contribution in [-0.2, 0) is 0 Å². The van der Waals surface area contributed by atoms with Crippen LogP contribution < -0.4 is 0 Å². The van der Waals surface area contributed by atoms with E-state index in [-0.39, 0.29) is 0 Å². The molecule has 0 aliphatic carbocycles. The molecule has 62 valence electrons. The summed E-state index contributed by atoms with van der Waals surface area (Å²) in [4.78, 5) is 4.23. The number of hydrogen-bond donors (Lipinski definition) is 1. The first-order valence-corrected chi connectivity index (χ1v) is 4.63. The summed E-state index contributed by atoms with van der Waals surface area (Å²) in [6, 6.07) is 0.904. The van der Waals surface area contributed by atoms with Gasteiger partial charge in [-0.3, -0.25) is 0 Å². The molecule has 1 rings (SSSR count). The molecule has 0 saturated carbocycles. The molecule has 2 atom stereocenters. The third-order valence-corrected chi connectivity index (χ3v) is 2.47. The Kier molecular flexibility index (Phi) is 3.07. The molecule has 11 heavy (non-hydrogen) atoms. The Balaban J connectivity index is 2.49. The van der Waals surface area contributed by atoms with Gasteiger partial charge in [0, 0.05) is 6.42 Å². The van der Waals surface area contributed by atoms with Gasteiger partial charge in [0.05, 0.1) is 12.8 Å². The second-order valence-electron chi connectivity index (χ2n) is 2.91. The molecule has 2 unspecified atom stereocenters. The maximum Gasteiger partial charge on any atom is 0.384 e. The van der Waals surface area contributed by atoms with Crippen LogP contribution in [0.1, 0.15) is 33.1 Å². The molecule has 0 fully saturated rings. The SMILES string of the molecule is CCCC1C(CC)[N+]#CN1S. The normalized spacial score (nSPS) is 28.5. The molecule has 1 aliphatic rings. The van der Waals surface area contributed by atoms with E-state index in [0.717, 1.165) is 6.42 Å². The fourth-order valence-corrected chi connectivity index (χ4v) is 1.75. The van der Waals surface area contributed by atoms with Crippen molar-refractivity contribution in [2.45, 2.75) is 45.2 Å². The fourth-order valence-electron chi connectivity index (χ4n) is 1.43. The Hall–Kier alpha value is -0.360. The van der Waals surface area contributed by atoms with Crippen molar-refractivity contribution in [2.24, 2.45) is 0 Å². The predicted octanol–water partition coefficient (Wildman–Crippen LogP) is 2.38. The number of hydrogen-bond acceptors (Lipinski definition) is 2. The molecule has 0 aromatic rings. The molecule has 0 bridgehead atoms. The average Bonchev–Trinajstić information content (AvgIpc) is 2.34. The maximum atomic E-state index is 4.26. The fraction of sp³-hybridized carbons (Fsp3) is 0.875. The highest BCUT2D eigenvalue weighted by molar-refractivity contribution is 7.77. The van der Waals surface area contributed by atoms with Crippen molar-refractivity contribution in [2.75, 3.05) is 0 Å². The highest BCUT2D eigenvalue weighted by atomic mass is 32.1. The third-order valence-electron chi connectivity index (χ3n) is 2.09. The quantitative estimate of drug-likeness (QED) is 0.506. The van der Waals surface area contributed by atoms with Crippen molar-refractivity contribution < 1.29 is 0 Å². The molecule has 0 aromatic carbocycles. The number of thiol groups is 1. The van der Waals surface area contributed by atoms with Gasteiger partial charge in [0.15, 0.2) is 6.04 Å². The highest BCUT2D eigenvalue weighted by Gasteiger charge is 2.36. The lowest BCUT2D eigenvalue weighted by Crippen LogP contribution is -2.29. The van der Waals surface area contributed by atoms with Gasteiger partial charge in [-0.2, -0.15) is 4.85 Å². The average molecular weight is 171 g/mol. The van der Waals surface area contributed by atoms with Crippen LogP contribution in [-0.4, -0.2) is 16.4 Å². The van der Waals surface area contributed by atoms with Crippen LogP contribution in [0.5, 0.6) is 0 Å². The summed E-state index contributed by atoms with van der Waals surface area (Å²) < 4.78 is 1.82. The zero-order valence-corrected chi connectivity index (χ0v) is 8.01. The third kappa shape index (κ3) is 1.81. The zero-order valence-electron chi connectivity index (χ0n) is 7.12. The smallest absolute Gasteiger partial charge is 0.192 e. The monoisotopic (exact) mass is 171 g/mol. The molecule has 0 saturated heterocycles. The summed E-state index contributed by atoms with van der Waals surface area (Å²) >= 11 is 4.26. The van der Waals surface area contributed by atoms with Crippen LogP contribution in [0.4, 0.5) is 0 Å². The van der Waals surface area contributed by atoms with Gasteiger partial charge >= 0.3 is 6.19 Å². The van der Waals surface area contributed by atoms with Crippen molar-refractivity contribution in [1.29, 1.82) is 0 Å². The van der Waals surface area contributed by atoms with Crippen molar-refractivity contribution in [1.82, 2.24) is 4.31 Å². The lowest BCUT2D eigenvalue weighted by atomic mass is 10.0. The molecule has 1 aliphatic heterocycles. The first-order chi connectivity index (χ1) is 5.29. The summed E-state index contributed by atoms with van der Waals surface area (Å²) in [7, 11) is 0. The predicted molar refractivity (Wildman–Crippen MR) is 50.8 cm³/mol. The van der Waals surface area contributed by atoms with Crippen LogP contribution in [0, 0.1) is 6.19 Å². The minimum absolute atomic E-state index is 0.424. The van der Waals surface area contributed by atoms with Gasteiger partial charge in [0.25, 0.3) is 0 Å². The zero-order chi connectivity index (χ0) is 8.27. The van der Waals surface area contributed by atoms with E-state index >= 15 is 0 Å². The minimum Gasteiger partial charge on any atom is -0.192 e. The first kappa shape index (κ1) is 8.73. The van der Waals surface area contributed by atoms with E-state index in [9.17, 15) is 0 Å². The largest absolute Gasteiger partial charge is 0.384 e. The van der Waals surface area contributed by atoms with Crippen molar-refractivity contribution >= 4 is 12.8 Å². The van der Waals surface area contributed by atoms with Crippen molar-refractivity contribution in [3.8, 4) is 6.19 Å². The molecule has 1 heterocycles. The molecule has 0 N–H and O–H groups in total. The molecule has 3 heteroatoms. The summed E-state index contributed by atoms with van der Waals surface area (Å²) in [6.07, 6.45) is 6.32. The van der Waals surface area contributed by atoms with Crippen molar-refractivity contribution in [3.63, 3.8) is 0 Å². The lowest BCUT2D eigenvalue weighted by Gasteiger charge is -2.11. The van der Waals surface area contributed by atoms with Gasteiger partial charge in [-0.05, 0) is 6.42 Å². The van der Waals surface area contributed by atoms with Crippen LogP contribution >= 0.6 is 12.8 Å². The molecule has 2 nitrogen and oxygen atoms in total. The van der Waals surface area contributed by atoms with Crippen LogP contribution in [0.15, 0.2) is 0 Å². The second kappa shape index (κ2) is 3.87. The Morgan fingerprint density at radius 3 is 2.82 bits per heavy atom. The van der Waals surface area contributed by atoms with Gasteiger partial charge < -0.3 is 0 Å².